The van der Waals surface area contributed by atoms with Crippen LogP contribution in [0, 0.1) is 0 Å². The second-order valence-corrected chi connectivity index (χ2v) is 8.47. The van der Waals surface area contributed by atoms with Gasteiger partial charge in [0.2, 0.25) is 0 Å². The number of nitrogens with zero attached hydrogens (tertiary/aromatic N) is 2. The van der Waals surface area contributed by atoms with Gasteiger partial charge >= 0.3 is 6.03 Å². The Labute approximate surface area is 161 Å². The summed E-state index contributed by atoms with van der Waals surface area (Å²) in [7, 11) is 0. The fraction of sp³-hybridized carbons (Fsp3) is 0.750. The van der Waals surface area contributed by atoms with Gasteiger partial charge in [-0.3, -0.25) is 0 Å². The van der Waals surface area contributed by atoms with E-state index >= 15 is 0 Å². The summed E-state index contributed by atoms with van der Waals surface area (Å²) in [5.74, 6) is 0. The fourth-order valence-corrected chi connectivity index (χ4v) is 4.73. The Kier molecular flexibility index (Phi) is 7.62. The molecule has 6 heteroatoms. The number of unbranched alkanes of at least 4 members (excludes halogenated alkanes) is 2. The van der Waals surface area contributed by atoms with Gasteiger partial charge in [0.05, 0.1) is 6.61 Å². The van der Waals surface area contributed by atoms with Gasteiger partial charge in [0, 0.05) is 31.1 Å². The third kappa shape index (κ3) is 5.61. The van der Waals surface area contributed by atoms with Crippen molar-refractivity contribution in [3.63, 3.8) is 0 Å². The Hall–Kier alpha value is -1.27. The molecule has 5 nitrogen and oxygen atoms in total. The maximum Gasteiger partial charge on any atom is 0.317 e. The molecule has 1 aromatic rings. The first-order chi connectivity index (χ1) is 12.8. The Morgan fingerprint density at radius 1 is 1.23 bits per heavy atom. The zero-order valence-corrected chi connectivity index (χ0v) is 16.9. The van der Waals surface area contributed by atoms with E-state index in [0.717, 1.165) is 50.6 Å². The van der Waals surface area contributed by atoms with Crippen molar-refractivity contribution in [2.75, 3.05) is 39.3 Å². The summed E-state index contributed by atoms with van der Waals surface area (Å²) in [4.78, 5) is 18.1. The molecule has 1 aromatic heterocycles. The number of hydrogen-bond acceptors (Lipinski definition) is 4. The molecule has 2 aliphatic rings. The summed E-state index contributed by atoms with van der Waals surface area (Å²) >= 11 is 1.76. The van der Waals surface area contributed by atoms with Crippen molar-refractivity contribution in [1.29, 1.82) is 0 Å². The van der Waals surface area contributed by atoms with Crippen molar-refractivity contribution in [2.24, 2.45) is 0 Å². The van der Waals surface area contributed by atoms with Gasteiger partial charge < -0.3 is 19.9 Å². The average molecular weight is 380 g/mol. The number of rotatable bonds is 9. The van der Waals surface area contributed by atoms with E-state index in [1.165, 1.54) is 49.2 Å². The molecule has 0 aliphatic carbocycles. The number of thiophene rings is 1. The van der Waals surface area contributed by atoms with E-state index in [9.17, 15) is 4.79 Å². The average Bonchev–Trinajstić information content (AvgIpc) is 3.30. The maximum atomic E-state index is 12.3. The van der Waals surface area contributed by atoms with Crippen LogP contribution in [0.5, 0.6) is 5.06 Å². The minimum Gasteiger partial charge on any atom is -0.484 e. The lowest BCUT2D eigenvalue weighted by atomic mass is 10.1. The van der Waals surface area contributed by atoms with Gasteiger partial charge in [0.25, 0.3) is 0 Å². The summed E-state index contributed by atoms with van der Waals surface area (Å²) < 4.78 is 5.98. The van der Waals surface area contributed by atoms with Crippen LogP contribution in [0.15, 0.2) is 6.07 Å². The highest BCUT2D eigenvalue weighted by atomic mass is 32.1. The summed E-state index contributed by atoms with van der Waals surface area (Å²) in [5.41, 5.74) is 1.26. The number of urea groups is 1. The second kappa shape index (κ2) is 10.2. The molecule has 1 saturated heterocycles. The Morgan fingerprint density at radius 3 is 2.88 bits per heavy atom. The molecule has 2 amide bonds. The molecule has 2 aliphatic heterocycles. The third-order valence-corrected chi connectivity index (χ3v) is 6.40. The standard InChI is InChI=1S/C20H33N3O2S/c1-2-3-4-9-21-20(24)23-13-8-18-17(16-23)15-19(26-18)25-14-7-12-22-10-5-6-11-22/h15H,2-14,16H2,1H3,(H,21,24). The molecule has 0 spiro atoms. The minimum absolute atomic E-state index is 0.0750. The number of fused-ring (bicyclic) bond motifs is 1. The number of carbonyl (C=O) groups is 1. The van der Waals surface area contributed by atoms with Gasteiger partial charge in [-0.1, -0.05) is 19.8 Å². The molecule has 0 saturated carbocycles. The molecule has 146 valence electrons. The predicted octanol–water partition coefficient (Wildman–Crippen LogP) is 3.87. The summed E-state index contributed by atoms with van der Waals surface area (Å²) in [6.45, 7) is 8.92. The first kappa shape index (κ1) is 19.5. The Balaban J connectivity index is 1.39. The highest BCUT2D eigenvalue weighted by Crippen LogP contribution is 2.33. The molecule has 3 heterocycles. The van der Waals surface area contributed by atoms with E-state index in [4.69, 9.17) is 4.74 Å². The Morgan fingerprint density at radius 2 is 2.08 bits per heavy atom. The van der Waals surface area contributed by atoms with Crippen LogP contribution in [0.4, 0.5) is 4.79 Å². The van der Waals surface area contributed by atoms with Crippen LogP contribution in [-0.4, -0.2) is 55.2 Å². The molecular weight excluding hydrogens is 346 g/mol. The number of likely N-dealkylation sites (tertiary alicyclic amines) is 1. The largest absolute Gasteiger partial charge is 0.484 e. The van der Waals surface area contributed by atoms with E-state index in [-0.39, 0.29) is 6.03 Å². The van der Waals surface area contributed by atoms with E-state index < -0.39 is 0 Å². The fourth-order valence-electron chi connectivity index (χ4n) is 3.70. The Bertz CT molecular complexity index is 569. The maximum absolute atomic E-state index is 12.3. The van der Waals surface area contributed by atoms with Crippen molar-refractivity contribution in [3.05, 3.63) is 16.5 Å². The molecule has 1 fully saturated rings. The number of hydrogen-bond donors (Lipinski definition) is 1. The molecule has 26 heavy (non-hydrogen) atoms. The van der Waals surface area contributed by atoms with Gasteiger partial charge in [0.15, 0.2) is 5.06 Å². The zero-order chi connectivity index (χ0) is 18.2. The first-order valence-electron chi connectivity index (χ1n) is 10.3. The summed E-state index contributed by atoms with van der Waals surface area (Å²) in [5, 5.41) is 4.06. The number of nitrogens with one attached hydrogen (secondary N) is 1. The van der Waals surface area contributed by atoms with E-state index in [2.05, 4.69) is 23.2 Å². The van der Waals surface area contributed by atoms with Crippen molar-refractivity contribution in [1.82, 2.24) is 15.1 Å². The lowest BCUT2D eigenvalue weighted by molar-refractivity contribution is 0.192. The molecule has 1 N–H and O–H groups in total. The molecular formula is C20H33N3O2S. The van der Waals surface area contributed by atoms with Crippen LogP contribution >= 0.6 is 11.3 Å². The molecule has 0 atom stereocenters. The minimum atomic E-state index is 0.0750. The quantitative estimate of drug-likeness (QED) is 0.663. The predicted molar refractivity (Wildman–Crippen MR) is 107 cm³/mol. The van der Waals surface area contributed by atoms with Crippen LogP contribution in [0.3, 0.4) is 0 Å². The van der Waals surface area contributed by atoms with Gasteiger partial charge in [-0.15, -0.1) is 11.3 Å². The first-order valence-corrected chi connectivity index (χ1v) is 11.1. The number of amides is 2. The molecule has 0 bridgehead atoms. The van der Waals surface area contributed by atoms with Crippen LogP contribution in [0.2, 0.25) is 0 Å². The summed E-state index contributed by atoms with van der Waals surface area (Å²) in [6.07, 6.45) is 8.15. The highest BCUT2D eigenvalue weighted by molar-refractivity contribution is 7.14. The smallest absolute Gasteiger partial charge is 0.317 e. The number of ether oxygens (including phenoxy) is 1. The van der Waals surface area contributed by atoms with Gasteiger partial charge in [-0.25, -0.2) is 4.79 Å². The van der Waals surface area contributed by atoms with Crippen LogP contribution in [0.1, 0.15) is 55.9 Å². The van der Waals surface area contributed by atoms with E-state index in [0.29, 0.717) is 6.54 Å². The van der Waals surface area contributed by atoms with Crippen LogP contribution < -0.4 is 10.1 Å². The van der Waals surface area contributed by atoms with E-state index in [1.807, 2.05) is 4.90 Å². The van der Waals surface area contributed by atoms with Crippen molar-refractivity contribution in [2.45, 2.75) is 58.4 Å². The van der Waals surface area contributed by atoms with Gasteiger partial charge in [-0.2, -0.15) is 0 Å². The SMILES string of the molecule is CCCCCNC(=O)N1CCc2sc(OCCCN3CCCC3)cc2C1. The number of carbonyl (C=O) groups excluding carboxylic acids is 1. The van der Waals surface area contributed by atoms with Gasteiger partial charge in [-0.05, 0) is 56.8 Å². The van der Waals surface area contributed by atoms with Crippen molar-refractivity contribution in [3.8, 4) is 5.06 Å². The summed E-state index contributed by atoms with van der Waals surface area (Å²) in [6, 6.07) is 2.22. The normalized spacial score (nSPS) is 17.3. The lowest BCUT2D eigenvalue weighted by Gasteiger charge is -2.27. The van der Waals surface area contributed by atoms with Crippen molar-refractivity contribution >= 4 is 17.4 Å². The second-order valence-electron chi connectivity index (χ2n) is 7.38. The van der Waals surface area contributed by atoms with Crippen LogP contribution in [0.25, 0.3) is 0 Å². The van der Waals surface area contributed by atoms with Gasteiger partial charge in [0.1, 0.15) is 0 Å². The lowest BCUT2D eigenvalue weighted by Crippen LogP contribution is -2.42. The third-order valence-electron chi connectivity index (χ3n) is 5.25. The highest BCUT2D eigenvalue weighted by Gasteiger charge is 2.23. The van der Waals surface area contributed by atoms with E-state index in [1.54, 1.807) is 11.3 Å². The monoisotopic (exact) mass is 379 g/mol. The molecule has 3 rings (SSSR count). The molecule has 0 radical (unpaired) electrons. The van der Waals surface area contributed by atoms with Crippen molar-refractivity contribution < 1.29 is 9.53 Å². The molecule has 0 aromatic carbocycles. The van der Waals surface area contributed by atoms with Crippen LogP contribution in [-0.2, 0) is 13.0 Å². The zero-order valence-electron chi connectivity index (χ0n) is 16.1. The molecule has 0 unspecified atom stereocenters. The topological polar surface area (TPSA) is 44.8 Å².